The van der Waals surface area contributed by atoms with Crippen LogP contribution in [0.25, 0.3) is 10.8 Å². The van der Waals surface area contributed by atoms with Gasteiger partial charge in [0.1, 0.15) is 5.82 Å². The number of halogens is 2. The van der Waals surface area contributed by atoms with E-state index in [4.69, 9.17) is 11.6 Å². The molecule has 0 aromatic heterocycles. The molecule has 2 aliphatic rings. The molecule has 0 spiro atoms. The summed E-state index contributed by atoms with van der Waals surface area (Å²) in [5.41, 5.74) is 1.87. The summed E-state index contributed by atoms with van der Waals surface area (Å²) in [5, 5.41) is 2.19. The Morgan fingerprint density at radius 2 is 1.69 bits per heavy atom. The number of rotatable bonds is 2. The summed E-state index contributed by atoms with van der Waals surface area (Å²) < 4.78 is 14.9. The van der Waals surface area contributed by atoms with Crippen molar-refractivity contribution in [1.82, 2.24) is 0 Å². The highest BCUT2D eigenvalue weighted by Gasteiger charge is 2.45. The van der Waals surface area contributed by atoms with E-state index in [1.165, 1.54) is 12.1 Å². The van der Waals surface area contributed by atoms with E-state index in [0.717, 1.165) is 16.5 Å². The zero-order valence-corrected chi connectivity index (χ0v) is 18.7. The Morgan fingerprint density at radius 3 is 2.47 bits per heavy atom. The predicted molar refractivity (Wildman–Crippen MR) is 125 cm³/mol. The van der Waals surface area contributed by atoms with Crippen molar-refractivity contribution in [2.24, 2.45) is 5.41 Å². The van der Waals surface area contributed by atoms with Gasteiger partial charge in [-0.05, 0) is 35.4 Å². The summed E-state index contributed by atoms with van der Waals surface area (Å²) in [4.78, 5) is 28.8. The molecule has 0 saturated carbocycles. The van der Waals surface area contributed by atoms with Crippen LogP contribution in [-0.2, 0) is 9.59 Å². The topological polar surface area (TPSA) is 37.4 Å². The second-order valence-electron chi connectivity index (χ2n) is 9.42. The Hall–Kier alpha value is -2.98. The number of hydrogen-bond acceptors (Lipinski definition) is 2. The van der Waals surface area contributed by atoms with Crippen molar-refractivity contribution >= 4 is 39.8 Å². The summed E-state index contributed by atoms with van der Waals surface area (Å²) in [6.07, 6.45) is 0.895. The van der Waals surface area contributed by atoms with Gasteiger partial charge in [0.05, 0.1) is 5.69 Å². The highest BCUT2D eigenvalue weighted by atomic mass is 35.5. The summed E-state index contributed by atoms with van der Waals surface area (Å²) in [7, 11) is 0. The minimum Gasteiger partial charge on any atom is -0.294 e. The fraction of sp³-hybridized carbons (Fsp3) is 0.259. The Bertz CT molecular complexity index is 1280. The number of carbonyl (C=O) groups excluding carboxylic acids is 2. The van der Waals surface area contributed by atoms with Crippen LogP contribution in [0.15, 0.2) is 71.9 Å². The average molecular weight is 448 g/mol. The van der Waals surface area contributed by atoms with Crippen LogP contribution in [0.5, 0.6) is 0 Å². The van der Waals surface area contributed by atoms with Gasteiger partial charge in [0.2, 0.25) is 5.91 Å². The monoisotopic (exact) mass is 447 g/mol. The van der Waals surface area contributed by atoms with Gasteiger partial charge in [-0.1, -0.05) is 67.9 Å². The molecule has 0 bridgehead atoms. The SMILES string of the molecule is CC1(C)CC(=O)C2=C(C1)N(c1cccc3ccccc13)C(=O)CC2c1c(F)cccc1Cl. The third-order valence-corrected chi connectivity index (χ3v) is 6.83. The van der Waals surface area contributed by atoms with Crippen LogP contribution in [0.2, 0.25) is 5.02 Å². The Kier molecular flexibility index (Phi) is 4.94. The molecule has 1 heterocycles. The first-order chi connectivity index (χ1) is 15.3. The smallest absolute Gasteiger partial charge is 0.232 e. The van der Waals surface area contributed by atoms with E-state index in [-0.39, 0.29) is 34.1 Å². The molecule has 0 fully saturated rings. The lowest BCUT2D eigenvalue weighted by molar-refractivity contribution is -0.121. The number of carbonyl (C=O) groups is 2. The van der Waals surface area contributed by atoms with Crippen LogP contribution in [-0.4, -0.2) is 11.7 Å². The van der Waals surface area contributed by atoms with Crippen molar-refractivity contribution in [2.75, 3.05) is 4.90 Å². The normalized spacial score (nSPS) is 20.6. The lowest BCUT2D eigenvalue weighted by atomic mass is 9.69. The highest BCUT2D eigenvalue weighted by molar-refractivity contribution is 6.31. The molecule has 0 saturated heterocycles. The number of benzene rings is 3. The molecule has 0 N–H and O–H groups in total. The number of allylic oxidation sites excluding steroid dienone is 2. The first kappa shape index (κ1) is 20.9. The van der Waals surface area contributed by atoms with E-state index in [0.29, 0.717) is 24.1 Å². The fourth-order valence-corrected chi connectivity index (χ4v) is 5.48. The van der Waals surface area contributed by atoms with Crippen LogP contribution >= 0.6 is 11.6 Å². The Labute approximate surface area is 191 Å². The van der Waals surface area contributed by atoms with Gasteiger partial charge >= 0.3 is 0 Å². The number of Topliss-reactive ketones (excluding diaryl/α,β-unsaturated/α-hetero) is 1. The number of ketones is 1. The van der Waals surface area contributed by atoms with Crippen molar-refractivity contribution in [3.05, 3.63) is 88.3 Å². The van der Waals surface area contributed by atoms with Crippen molar-refractivity contribution in [3.8, 4) is 0 Å². The quantitative estimate of drug-likeness (QED) is 0.433. The maximum absolute atomic E-state index is 14.9. The van der Waals surface area contributed by atoms with E-state index in [2.05, 4.69) is 0 Å². The molecular formula is C27H23ClFNO2. The van der Waals surface area contributed by atoms with Crippen LogP contribution in [0.1, 0.15) is 44.6 Å². The van der Waals surface area contributed by atoms with E-state index in [1.54, 1.807) is 11.0 Å². The second kappa shape index (κ2) is 7.56. The van der Waals surface area contributed by atoms with E-state index in [1.807, 2.05) is 56.3 Å². The zero-order valence-electron chi connectivity index (χ0n) is 18.0. The second-order valence-corrected chi connectivity index (χ2v) is 9.83. The molecular weight excluding hydrogens is 425 g/mol. The van der Waals surface area contributed by atoms with Gasteiger partial charge < -0.3 is 0 Å². The van der Waals surface area contributed by atoms with E-state index < -0.39 is 11.7 Å². The van der Waals surface area contributed by atoms with Crippen LogP contribution < -0.4 is 4.90 Å². The fourth-order valence-electron chi connectivity index (χ4n) is 5.19. The molecule has 1 amide bonds. The molecule has 5 rings (SSSR count). The number of amides is 1. The first-order valence-corrected chi connectivity index (χ1v) is 11.2. The molecule has 162 valence electrons. The van der Waals surface area contributed by atoms with Gasteiger partial charge in [0, 0.05) is 46.0 Å². The van der Waals surface area contributed by atoms with Gasteiger partial charge in [-0.2, -0.15) is 0 Å². The van der Waals surface area contributed by atoms with Crippen molar-refractivity contribution in [1.29, 1.82) is 0 Å². The number of anilines is 1. The maximum atomic E-state index is 14.9. The number of hydrogen-bond donors (Lipinski definition) is 0. The minimum atomic E-state index is -0.680. The van der Waals surface area contributed by atoms with Crippen molar-refractivity contribution < 1.29 is 14.0 Å². The highest BCUT2D eigenvalue weighted by Crippen LogP contribution is 2.50. The molecule has 5 heteroatoms. The van der Waals surface area contributed by atoms with Crippen molar-refractivity contribution in [3.63, 3.8) is 0 Å². The number of nitrogens with zero attached hydrogens (tertiary/aromatic N) is 1. The van der Waals surface area contributed by atoms with E-state index >= 15 is 0 Å². The lowest BCUT2D eigenvalue weighted by Crippen LogP contribution is -2.44. The Morgan fingerprint density at radius 1 is 0.969 bits per heavy atom. The minimum absolute atomic E-state index is 0.00508. The average Bonchev–Trinajstić information content (AvgIpc) is 2.72. The summed E-state index contributed by atoms with van der Waals surface area (Å²) >= 11 is 6.38. The predicted octanol–water partition coefficient (Wildman–Crippen LogP) is 6.80. The van der Waals surface area contributed by atoms with Crippen LogP contribution in [0, 0.1) is 11.2 Å². The summed E-state index contributed by atoms with van der Waals surface area (Å²) in [6, 6.07) is 18.2. The summed E-state index contributed by atoms with van der Waals surface area (Å²) in [6.45, 7) is 4.06. The molecule has 1 atom stereocenters. The molecule has 0 radical (unpaired) electrons. The molecule has 3 aromatic rings. The molecule has 3 aromatic carbocycles. The molecule has 1 aliphatic heterocycles. The third kappa shape index (κ3) is 3.34. The third-order valence-electron chi connectivity index (χ3n) is 6.50. The number of fused-ring (bicyclic) bond motifs is 1. The molecule has 32 heavy (non-hydrogen) atoms. The van der Waals surface area contributed by atoms with Gasteiger partial charge in [-0.25, -0.2) is 4.39 Å². The lowest BCUT2D eigenvalue weighted by Gasteiger charge is -2.43. The first-order valence-electron chi connectivity index (χ1n) is 10.8. The van der Waals surface area contributed by atoms with Crippen molar-refractivity contribution in [2.45, 2.75) is 39.0 Å². The zero-order chi connectivity index (χ0) is 22.6. The van der Waals surface area contributed by atoms with Gasteiger partial charge in [0.25, 0.3) is 0 Å². The van der Waals surface area contributed by atoms with Gasteiger partial charge in [0.15, 0.2) is 5.78 Å². The van der Waals surface area contributed by atoms with Crippen LogP contribution in [0.3, 0.4) is 0 Å². The van der Waals surface area contributed by atoms with Crippen LogP contribution in [0.4, 0.5) is 10.1 Å². The standard InChI is InChI=1S/C27H23ClFNO2/c1-27(2)14-22-26(23(31)15-27)18(25-19(28)10-6-11-20(25)29)13-24(32)30(22)21-12-5-8-16-7-3-4-9-17(16)21/h3-12,18H,13-15H2,1-2H3. The molecule has 3 nitrogen and oxygen atoms in total. The largest absolute Gasteiger partial charge is 0.294 e. The maximum Gasteiger partial charge on any atom is 0.232 e. The van der Waals surface area contributed by atoms with Gasteiger partial charge in [-0.15, -0.1) is 0 Å². The Balaban J connectivity index is 1.78. The summed E-state index contributed by atoms with van der Waals surface area (Å²) in [5.74, 6) is -1.37. The molecule has 1 unspecified atom stereocenters. The molecule has 1 aliphatic carbocycles. The van der Waals surface area contributed by atoms with E-state index in [9.17, 15) is 14.0 Å². The van der Waals surface area contributed by atoms with Gasteiger partial charge in [-0.3, -0.25) is 14.5 Å².